The second kappa shape index (κ2) is 5.65. The van der Waals surface area contributed by atoms with E-state index in [1.54, 1.807) is 0 Å². The van der Waals surface area contributed by atoms with Gasteiger partial charge in [0.1, 0.15) is 5.75 Å². The van der Waals surface area contributed by atoms with E-state index in [9.17, 15) is 5.11 Å². The second-order valence-corrected chi connectivity index (χ2v) is 11.5. The minimum absolute atomic E-state index is 0.229. The molecule has 0 heterocycles. The van der Waals surface area contributed by atoms with E-state index in [0.717, 1.165) is 11.3 Å². The van der Waals surface area contributed by atoms with Crippen molar-refractivity contribution in [1.29, 1.82) is 0 Å². The average molecular weight is 281 g/mol. The Kier molecular flexibility index (Phi) is 4.82. The predicted molar refractivity (Wildman–Crippen MR) is 82.8 cm³/mol. The van der Waals surface area contributed by atoms with Gasteiger partial charge in [-0.3, -0.25) is 0 Å². The highest BCUT2D eigenvalue weighted by molar-refractivity contribution is 6.70. The molecule has 0 unspecified atom stereocenters. The van der Waals surface area contributed by atoms with Crippen LogP contribution in [0.25, 0.3) is 0 Å². The third-order valence-corrected chi connectivity index (χ3v) is 3.76. The molecule has 0 fully saturated rings. The standard InChI is InChI=1S/C15H27NO2Si/c1-15(2,3)14(17)13(16)11-7-9-12(10-8-11)18-19(4,5)6/h7-10,13-14,17H,16H2,1-6H3/t13-,14-/m1/s1. The Morgan fingerprint density at radius 1 is 1.11 bits per heavy atom. The summed E-state index contributed by atoms with van der Waals surface area (Å²) in [6, 6.07) is 7.37. The fourth-order valence-electron chi connectivity index (χ4n) is 1.83. The van der Waals surface area contributed by atoms with Gasteiger partial charge in [-0.2, -0.15) is 0 Å². The van der Waals surface area contributed by atoms with Gasteiger partial charge in [-0.15, -0.1) is 0 Å². The molecule has 0 aliphatic rings. The molecular formula is C15H27NO2Si. The van der Waals surface area contributed by atoms with Gasteiger partial charge in [-0.25, -0.2) is 0 Å². The summed E-state index contributed by atoms with van der Waals surface area (Å²) in [6.45, 7) is 12.4. The quantitative estimate of drug-likeness (QED) is 0.833. The van der Waals surface area contributed by atoms with Crippen LogP contribution in [-0.4, -0.2) is 19.5 Å². The molecule has 1 rings (SSSR count). The number of aliphatic hydroxyl groups excluding tert-OH is 1. The highest BCUT2D eigenvalue weighted by atomic mass is 28.4. The van der Waals surface area contributed by atoms with E-state index in [1.165, 1.54) is 0 Å². The second-order valence-electron chi connectivity index (χ2n) is 7.12. The lowest BCUT2D eigenvalue weighted by Crippen LogP contribution is -2.37. The Balaban J connectivity index is 2.82. The molecule has 1 aromatic rings. The summed E-state index contributed by atoms with van der Waals surface area (Å²) in [5.41, 5.74) is 6.83. The molecule has 19 heavy (non-hydrogen) atoms. The Labute approximate surface area is 117 Å². The molecule has 0 bridgehead atoms. The predicted octanol–water partition coefficient (Wildman–Crippen LogP) is 3.31. The minimum Gasteiger partial charge on any atom is -0.544 e. The monoisotopic (exact) mass is 281 g/mol. The normalized spacial score (nSPS) is 16.0. The first-order valence-corrected chi connectivity index (χ1v) is 10.1. The lowest BCUT2D eigenvalue weighted by atomic mass is 9.82. The van der Waals surface area contributed by atoms with Crippen molar-refractivity contribution in [2.45, 2.75) is 52.6 Å². The molecule has 0 saturated carbocycles. The van der Waals surface area contributed by atoms with Crippen LogP contribution in [0.15, 0.2) is 24.3 Å². The molecule has 4 heteroatoms. The Morgan fingerprint density at radius 2 is 1.58 bits per heavy atom. The van der Waals surface area contributed by atoms with Crippen molar-refractivity contribution in [3.63, 3.8) is 0 Å². The summed E-state index contributed by atoms with van der Waals surface area (Å²) in [7, 11) is -1.57. The van der Waals surface area contributed by atoms with Crippen molar-refractivity contribution in [2.75, 3.05) is 0 Å². The van der Waals surface area contributed by atoms with Crippen molar-refractivity contribution < 1.29 is 9.53 Å². The van der Waals surface area contributed by atoms with Gasteiger partial charge in [0.05, 0.1) is 12.1 Å². The molecule has 0 spiro atoms. The van der Waals surface area contributed by atoms with Gasteiger partial charge in [0.2, 0.25) is 8.32 Å². The molecule has 0 aliphatic heterocycles. The number of nitrogens with two attached hydrogens (primary N) is 1. The maximum absolute atomic E-state index is 10.2. The van der Waals surface area contributed by atoms with E-state index in [0.29, 0.717) is 0 Å². The first-order chi connectivity index (χ1) is 8.50. The van der Waals surface area contributed by atoms with Crippen LogP contribution in [0.5, 0.6) is 5.75 Å². The van der Waals surface area contributed by atoms with Crippen LogP contribution in [0.1, 0.15) is 32.4 Å². The third kappa shape index (κ3) is 4.97. The van der Waals surface area contributed by atoms with Gasteiger partial charge in [-0.1, -0.05) is 32.9 Å². The van der Waals surface area contributed by atoms with Crippen LogP contribution in [0.2, 0.25) is 19.6 Å². The molecule has 0 aromatic heterocycles. The number of benzene rings is 1. The molecule has 2 atom stereocenters. The van der Waals surface area contributed by atoms with E-state index in [4.69, 9.17) is 10.2 Å². The number of hydrogen-bond acceptors (Lipinski definition) is 3. The molecule has 108 valence electrons. The number of aliphatic hydroxyl groups is 1. The zero-order valence-corrected chi connectivity index (χ0v) is 13.9. The minimum atomic E-state index is -1.57. The lowest BCUT2D eigenvalue weighted by Gasteiger charge is -2.31. The first kappa shape index (κ1) is 16.2. The van der Waals surface area contributed by atoms with Crippen LogP contribution in [-0.2, 0) is 0 Å². The Hall–Kier alpha value is -0.843. The lowest BCUT2D eigenvalue weighted by molar-refractivity contribution is 0.0401. The highest BCUT2D eigenvalue weighted by Crippen LogP contribution is 2.29. The summed E-state index contributed by atoms with van der Waals surface area (Å²) in [5.74, 6) is 0.875. The Bertz CT molecular complexity index is 404. The average Bonchev–Trinajstić information content (AvgIpc) is 2.24. The molecule has 1 aromatic carbocycles. The van der Waals surface area contributed by atoms with Gasteiger partial charge in [0, 0.05) is 0 Å². The van der Waals surface area contributed by atoms with Crippen molar-refractivity contribution in [3.05, 3.63) is 29.8 Å². The van der Waals surface area contributed by atoms with Crippen molar-refractivity contribution >= 4 is 8.32 Å². The van der Waals surface area contributed by atoms with Crippen LogP contribution < -0.4 is 10.2 Å². The molecule has 0 aliphatic carbocycles. The van der Waals surface area contributed by atoms with Crippen LogP contribution in [0.4, 0.5) is 0 Å². The van der Waals surface area contributed by atoms with E-state index in [1.807, 2.05) is 45.0 Å². The number of rotatable bonds is 4. The summed E-state index contributed by atoms with van der Waals surface area (Å²) < 4.78 is 5.90. The first-order valence-electron chi connectivity index (χ1n) is 6.73. The maximum Gasteiger partial charge on any atom is 0.242 e. The summed E-state index contributed by atoms with van der Waals surface area (Å²) >= 11 is 0. The van der Waals surface area contributed by atoms with E-state index in [2.05, 4.69) is 19.6 Å². The van der Waals surface area contributed by atoms with Gasteiger partial charge in [-0.05, 0) is 42.8 Å². The van der Waals surface area contributed by atoms with Crippen LogP contribution in [0, 0.1) is 5.41 Å². The Morgan fingerprint density at radius 3 is 1.95 bits per heavy atom. The van der Waals surface area contributed by atoms with Crippen LogP contribution >= 0.6 is 0 Å². The third-order valence-electron chi connectivity index (χ3n) is 2.92. The van der Waals surface area contributed by atoms with Gasteiger partial charge >= 0.3 is 0 Å². The van der Waals surface area contributed by atoms with E-state index < -0.39 is 14.4 Å². The fourth-order valence-corrected chi connectivity index (χ4v) is 2.68. The van der Waals surface area contributed by atoms with Gasteiger partial charge < -0.3 is 15.3 Å². The fraction of sp³-hybridized carbons (Fsp3) is 0.600. The summed E-state index contributed by atoms with van der Waals surface area (Å²) in [4.78, 5) is 0. The summed E-state index contributed by atoms with van der Waals surface area (Å²) in [5, 5.41) is 10.2. The van der Waals surface area contributed by atoms with E-state index in [-0.39, 0.29) is 11.5 Å². The molecule has 0 saturated heterocycles. The zero-order valence-electron chi connectivity index (χ0n) is 12.9. The molecular weight excluding hydrogens is 254 g/mol. The largest absolute Gasteiger partial charge is 0.544 e. The highest BCUT2D eigenvalue weighted by Gasteiger charge is 2.29. The smallest absolute Gasteiger partial charge is 0.242 e. The molecule has 0 radical (unpaired) electrons. The molecule has 0 amide bonds. The molecule has 3 nitrogen and oxygen atoms in total. The zero-order chi connectivity index (χ0) is 14.8. The van der Waals surface area contributed by atoms with Crippen molar-refractivity contribution in [2.24, 2.45) is 11.1 Å². The molecule has 3 N–H and O–H groups in total. The van der Waals surface area contributed by atoms with Gasteiger partial charge in [0.25, 0.3) is 0 Å². The maximum atomic E-state index is 10.2. The van der Waals surface area contributed by atoms with Crippen molar-refractivity contribution in [3.8, 4) is 5.75 Å². The topological polar surface area (TPSA) is 55.5 Å². The van der Waals surface area contributed by atoms with E-state index >= 15 is 0 Å². The van der Waals surface area contributed by atoms with Crippen molar-refractivity contribution in [1.82, 2.24) is 0 Å². The van der Waals surface area contributed by atoms with Gasteiger partial charge in [0.15, 0.2) is 0 Å². The van der Waals surface area contributed by atoms with Crippen LogP contribution in [0.3, 0.4) is 0 Å². The summed E-state index contributed by atoms with van der Waals surface area (Å²) in [6.07, 6.45) is -0.573. The number of hydrogen-bond donors (Lipinski definition) is 2. The SMILES string of the molecule is CC(C)(C)[C@H](O)[C@H](N)c1ccc(O[Si](C)(C)C)cc1.